The van der Waals surface area contributed by atoms with Gasteiger partial charge in [0.05, 0.1) is 0 Å². The summed E-state index contributed by atoms with van der Waals surface area (Å²) >= 11 is 0. The van der Waals surface area contributed by atoms with E-state index in [-0.39, 0.29) is 22.5 Å². The first kappa shape index (κ1) is 10.5. The van der Waals surface area contributed by atoms with Crippen molar-refractivity contribution >= 4 is 11.1 Å². The van der Waals surface area contributed by atoms with Gasteiger partial charge in [-0.25, -0.2) is 9.78 Å². The molecule has 0 aliphatic rings. The van der Waals surface area contributed by atoms with E-state index in [0.717, 1.165) is 0 Å². The molecule has 0 atom stereocenters. The fraction of sp³-hybridized carbons (Fsp3) is 0. The molecule has 1 heterocycles. The average Bonchev–Trinajstić information content (AvgIpc) is 2.39. The van der Waals surface area contributed by atoms with Gasteiger partial charge in [-0.05, 0) is 12.1 Å². The van der Waals surface area contributed by atoms with E-state index in [2.05, 4.69) is 4.98 Å². The number of nitrogens with zero attached hydrogens (tertiary/aromatic N) is 1. The van der Waals surface area contributed by atoms with Crippen molar-refractivity contribution in [2.24, 2.45) is 0 Å². The summed E-state index contributed by atoms with van der Waals surface area (Å²) in [5.41, 5.74) is 0.913. The topological polar surface area (TPSA) is 63.3 Å². The van der Waals surface area contributed by atoms with E-state index in [9.17, 15) is 9.90 Å². The van der Waals surface area contributed by atoms with Crippen molar-refractivity contribution in [1.82, 2.24) is 4.98 Å². The number of aromatic nitrogens is 1. The minimum absolute atomic E-state index is 0.00608. The summed E-state index contributed by atoms with van der Waals surface area (Å²) in [5.74, 6) is -0.00608. The number of phenols is 1. The van der Waals surface area contributed by atoms with Gasteiger partial charge >= 0.3 is 5.63 Å². The quantitative estimate of drug-likeness (QED) is 0.708. The molecule has 0 radical (unpaired) electrons. The van der Waals surface area contributed by atoms with E-state index in [1.807, 2.05) is 18.2 Å². The minimum atomic E-state index is -0.515. The smallest absolute Gasteiger partial charge is 0.363 e. The number of hydrogen-bond acceptors (Lipinski definition) is 4. The Morgan fingerprint density at radius 2 is 1.78 bits per heavy atom. The summed E-state index contributed by atoms with van der Waals surface area (Å²) in [6, 6.07) is 13.7. The number of fused-ring (bicyclic) bond motifs is 1. The second kappa shape index (κ2) is 4.00. The lowest BCUT2D eigenvalue weighted by Crippen LogP contribution is -2.05. The molecule has 0 saturated carbocycles. The van der Waals surface area contributed by atoms with Crippen LogP contribution in [-0.4, -0.2) is 10.1 Å². The standard InChI is InChI=1S/C14H9NO3/c16-10-7-4-8-11-13(10)15-12(14(17)18-11)9-5-2-1-3-6-9/h1-8,16H. The van der Waals surface area contributed by atoms with E-state index >= 15 is 0 Å². The highest BCUT2D eigenvalue weighted by Crippen LogP contribution is 2.23. The lowest BCUT2D eigenvalue weighted by atomic mass is 10.1. The number of phenolic OH excluding ortho intramolecular Hbond substituents is 1. The Labute approximate surface area is 102 Å². The zero-order valence-corrected chi connectivity index (χ0v) is 9.33. The van der Waals surface area contributed by atoms with Crippen LogP contribution >= 0.6 is 0 Å². The molecule has 2 aromatic carbocycles. The number of benzene rings is 2. The maximum absolute atomic E-state index is 11.8. The molecular formula is C14H9NO3. The lowest BCUT2D eigenvalue weighted by Gasteiger charge is -2.02. The number of aromatic hydroxyl groups is 1. The molecule has 1 aromatic heterocycles. The van der Waals surface area contributed by atoms with Gasteiger partial charge in [0.25, 0.3) is 0 Å². The number of rotatable bonds is 1. The van der Waals surface area contributed by atoms with Gasteiger partial charge in [0, 0.05) is 5.56 Å². The Morgan fingerprint density at radius 1 is 1.00 bits per heavy atom. The summed E-state index contributed by atoms with van der Waals surface area (Å²) < 4.78 is 5.15. The van der Waals surface area contributed by atoms with Crippen molar-refractivity contribution in [2.75, 3.05) is 0 Å². The van der Waals surface area contributed by atoms with Crippen LogP contribution in [0.2, 0.25) is 0 Å². The van der Waals surface area contributed by atoms with E-state index in [1.54, 1.807) is 24.3 Å². The van der Waals surface area contributed by atoms with Crippen molar-refractivity contribution in [2.45, 2.75) is 0 Å². The first-order chi connectivity index (χ1) is 8.75. The Kier molecular flexibility index (Phi) is 2.34. The van der Waals surface area contributed by atoms with Crippen LogP contribution in [0.5, 0.6) is 5.75 Å². The predicted molar refractivity (Wildman–Crippen MR) is 67.4 cm³/mol. The first-order valence-corrected chi connectivity index (χ1v) is 5.44. The van der Waals surface area contributed by atoms with Crippen molar-refractivity contribution in [3.63, 3.8) is 0 Å². The highest BCUT2D eigenvalue weighted by Gasteiger charge is 2.11. The third-order valence-corrected chi connectivity index (χ3v) is 2.64. The van der Waals surface area contributed by atoms with Gasteiger partial charge in [-0.15, -0.1) is 0 Å². The molecule has 18 heavy (non-hydrogen) atoms. The summed E-state index contributed by atoms with van der Waals surface area (Å²) in [4.78, 5) is 16.0. The molecule has 3 rings (SSSR count). The Balaban J connectivity index is 2.35. The SMILES string of the molecule is O=c1oc2cccc(O)c2nc1-c1ccccc1. The van der Waals surface area contributed by atoms with E-state index in [1.165, 1.54) is 6.07 Å². The summed E-state index contributed by atoms with van der Waals surface area (Å²) in [6.07, 6.45) is 0. The Morgan fingerprint density at radius 3 is 2.56 bits per heavy atom. The molecule has 4 nitrogen and oxygen atoms in total. The number of hydrogen-bond donors (Lipinski definition) is 1. The van der Waals surface area contributed by atoms with Crippen LogP contribution in [0, 0.1) is 0 Å². The fourth-order valence-corrected chi connectivity index (χ4v) is 1.79. The van der Waals surface area contributed by atoms with E-state index in [4.69, 9.17) is 4.42 Å². The third-order valence-electron chi connectivity index (χ3n) is 2.64. The molecule has 0 fully saturated rings. The molecule has 0 amide bonds. The normalized spacial score (nSPS) is 10.7. The van der Waals surface area contributed by atoms with Crippen molar-refractivity contribution in [3.8, 4) is 17.0 Å². The molecule has 0 unspecified atom stereocenters. The molecule has 0 saturated heterocycles. The van der Waals surface area contributed by atoms with Gasteiger partial charge in [-0.2, -0.15) is 0 Å². The van der Waals surface area contributed by atoms with Gasteiger partial charge < -0.3 is 9.52 Å². The van der Waals surface area contributed by atoms with Crippen molar-refractivity contribution in [1.29, 1.82) is 0 Å². The Hall–Kier alpha value is -2.62. The maximum atomic E-state index is 11.8. The molecule has 0 spiro atoms. The molecule has 88 valence electrons. The summed E-state index contributed by atoms with van der Waals surface area (Å²) in [5, 5.41) is 9.71. The molecule has 0 aliphatic carbocycles. The fourth-order valence-electron chi connectivity index (χ4n) is 1.79. The van der Waals surface area contributed by atoms with E-state index < -0.39 is 5.63 Å². The minimum Gasteiger partial charge on any atom is -0.506 e. The zero-order chi connectivity index (χ0) is 12.5. The van der Waals surface area contributed by atoms with Crippen molar-refractivity contribution < 1.29 is 9.52 Å². The second-order valence-corrected chi connectivity index (χ2v) is 3.84. The van der Waals surface area contributed by atoms with Gasteiger partial charge in [0.15, 0.2) is 11.3 Å². The highest BCUT2D eigenvalue weighted by molar-refractivity contribution is 5.80. The van der Waals surface area contributed by atoms with Crippen LogP contribution in [0.25, 0.3) is 22.4 Å². The number of para-hydroxylation sites is 1. The van der Waals surface area contributed by atoms with Crippen LogP contribution in [0.1, 0.15) is 0 Å². The first-order valence-electron chi connectivity index (χ1n) is 5.44. The summed E-state index contributed by atoms with van der Waals surface area (Å²) in [7, 11) is 0. The maximum Gasteiger partial charge on any atom is 0.363 e. The highest BCUT2D eigenvalue weighted by atomic mass is 16.4. The molecule has 3 aromatic rings. The molecule has 0 bridgehead atoms. The largest absolute Gasteiger partial charge is 0.506 e. The van der Waals surface area contributed by atoms with Gasteiger partial charge in [-0.1, -0.05) is 36.4 Å². The van der Waals surface area contributed by atoms with Crippen LogP contribution in [-0.2, 0) is 0 Å². The monoisotopic (exact) mass is 239 g/mol. The third kappa shape index (κ3) is 1.64. The van der Waals surface area contributed by atoms with Gasteiger partial charge in [0.1, 0.15) is 11.3 Å². The Bertz CT molecular complexity index is 763. The average molecular weight is 239 g/mol. The van der Waals surface area contributed by atoms with Crippen LogP contribution in [0.4, 0.5) is 0 Å². The molecule has 1 N–H and O–H groups in total. The molecule has 0 aliphatic heterocycles. The zero-order valence-electron chi connectivity index (χ0n) is 9.33. The van der Waals surface area contributed by atoms with Crippen LogP contribution in [0.15, 0.2) is 57.7 Å². The second-order valence-electron chi connectivity index (χ2n) is 3.84. The van der Waals surface area contributed by atoms with Gasteiger partial charge in [0.2, 0.25) is 0 Å². The summed E-state index contributed by atoms with van der Waals surface area (Å²) in [6.45, 7) is 0. The predicted octanol–water partition coefficient (Wildman–Crippen LogP) is 2.56. The molecule has 4 heteroatoms. The van der Waals surface area contributed by atoms with Crippen LogP contribution in [0.3, 0.4) is 0 Å². The van der Waals surface area contributed by atoms with Crippen molar-refractivity contribution in [3.05, 3.63) is 59.0 Å². The molecular weight excluding hydrogens is 230 g/mol. The van der Waals surface area contributed by atoms with Crippen LogP contribution < -0.4 is 5.63 Å². The van der Waals surface area contributed by atoms with E-state index in [0.29, 0.717) is 5.56 Å². The lowest BCUT2D eigenvalue weighted by molar-refractivity contribution is 0.477. The van der Waals surface area contributed by atoms with Gasteiger partial charge in [-0.3, -0.25) is 0 Å².